The third kappa shape index (κ3) is 2.93. The summed E-state index contributed by atoms with van der Waals surface area (Å²) in [5.74, 6) is 5.84. The Morgan fingerprint density at radius 2 is 1.96 bits per heavy atom. The van der Waals surface area contributed by atoms with Crippen LogP contribution >= 0.6 is 12.4 Å². The number of anilines is 1. The summed E-state index contributed by atoms with van der Waals surface area (Å²) in [5.41, 5.74) is 5.09. The van der Waals surface area contributed by atoms with Gasteiger partial charge in [-0.3, -0.25) is 9.36 Å². The van der Waals surface area contributed by atoms with E-state index in [0.717, 1.165) is 18.9 Å². The summed E-state index contributed by atoms with van der Waals surface area (Å²) >= 11 is 0. The van der Waals surface area contributed by atoms with Gasteiger partial charge in [0.2, 0.25) is 0 Å². The highest BCUT2D eigenvalue weighted by atomic mass is 35.5. The molecule has 154 valence electrons. The van der Waals surface area contributed by atoms with Gasteiger partial charge in [-0.2, -0.15) is 4.68 Å². The number of hydrogen-bond acceptors (Lipinski definition) is 6. The van der Waals surface area contributed by atoms with Gasteiger partial charge in [0.1, 0.15) is 11.2 Å². The molecular formula is C18H25ClFN5O3. The standard InChI is InChI=1S/C18H24FN5O3.ClH/c1-9-7-22(8-10(9)6-20)15-13(19)5-12-14(16(15)27-2)23(11-3-4-11)18(26)24(21)17(12)25;/h5,9-11H,3-4,6-8,20-21H2,1-2H3;1H/t9-,10-;/m1./s1. The molecule has 1 saturated heterocycles. The van der Waals surface area contributed by atoms with E-state index in [1.807, 2.05) is 4.90 Å². The molecule has 0 radical (unpaired) electrons. The van der Waals surface area contributed by atoms with Gasteiger partial charge in [-0.05, 0) is 37.3 Å². The normalized spacial score (nSPS) is 21.8. The van der Waals surface area contributed by atoms with Gasteiger partial charge in [0.15, 0.2) is 11.6 Å². The van der Waals surface area contributed by atoms with Gasteiger partial charge < -0.3 is 21.2 Å². The van der Waals surface area contributed by atoms with Crippen molar-refractivity contribution in [2.45, 2.75) is 25.8 Å². The maximum absolute atomic E-state index is 15.1. The van der Waals surface area contributed by atoms with Crippen LogP contribution in [-0.4, -0.2) is 36.0 Å². The molecule has 1 aliphatic heterocycles. The quantitative estimate of drug-likeness (QED) is 0.718. The number of rotatable bonds is 4. The average molecular weight is 414 g/mol. The first-order valence-electron chi connectivity index (χ1n) is 9.16. The van der Waals surface area contributed by atoms with Crippen molar-refractivity contribution in [2.75, 3.05) is 37.5 Å². The predicted molar refractivity (Wildman–Crippen MR) is 109 cm³/mol. The molecular weight excluding hydrogens is 389 g/mol. The van der Waals surface area contributed by atoms with E-state index in [0.29, 0.717) is 35.7 Å². The number of benzene rings is 1. The maximum Gasteiger partial charge on any atom is 0.350 e. The molecule has 1 aromatic carbocycles. The van der Waals surface area contributed by atoms with Crippen molar-refractivity contribution < 1.29 is 9.13 Å². The molecule has 0 spiro atoms. The molecule has 2 atom stereocenters. The third-order valence-corrected chi connectivity index (χ3v) is 5.79. The number of hydrogen-bond donors (Lipinski definition) is 2. The van der Waals surface area contributed by atoms with Crippen LogP contribution in [0.4, 0.5) is 10.1 Å². The molecule has 0 amide bonds. The lowest BCUT2D eigenvalue weighted by molar-refractivity contribution is 0.412. The molecule has 1 aromatic heterocycles. The number of nitrogen functional groups attached to an aromatic ring is 1. The molecule has 28 heavy (non-hydrogen) atoms. The van der Waals surface area contributed by atoms with Gasteiger partial charge >= 0.3 is 5.69 Å². The lowest BCUT2D eigenvalue weighted by Gasteiger charge is -2.24. The summed E-state index contributed by atoms with van der Waals surface area (Å²) in [6.07, 6.45) is 1.61. The molecule has 4 rings (SSSR count). The van der Waals surface area contributed by atoms with E-state index in [-0.39, 0.29) is 41.2 Å². The Kier molecular flexibility index (Phi) is 5.33. The lowest BCUT2D eigenvalue weighted by atomic mass is 9.99. The first kappa shape index (κ1) is 20.5. The smallest absolute Gasteiger partial charge is 0.350 e. The van der Waals surface area contributed by atoms with Crippen LogP contribution in [0, 0.1) is 17.7 Å². The topological polar surface area (TPSA) is 109 Å². The molecule has 2 aliphatic rings. The minimum atomic E-state index is -0.731. The summed E-state index contributed by atoms with van der Waals surface area (Å²) in [5, 5.41) is 0.0460. The van der Waals surface area contributed by atoms with Crippen LogP contribution < -0.4 is 32.5 Å². The van der Waals surface area contributed by atoms with Crippen LogP contribution in [0.5, 0.6) is 5.75 Å². The zero-order chi connectivity index (χ0) is 19.5. The summed E-state index contributed by atoms with van der Waals surface area (Å²) in [7, 11) is 1.42. The molecule has 0 bridgehead atoms. The second kappa shape index (κ2) is 7.29. The fraction of sp³-hybridized carbons (Fsp3) is 0.556. The predicted octanol–water partition coefficient (Wildman–Crippen LogP) is 0.812. The Balaban J connectivity index is 0.00000225. The summed E-state index contributed by atoms with van der Waals surface area (Å²) in [6.45, 7) is 3.82. The first-order valence-corrected chi connectivity index (χ1v) is 9.16. The van der Waals surface area contributed by atoms with Gasteiger partial charge in [-0.25, -0.2) is 9.18 Å². The Morgan fingerprint density at radius 1 is 1.29 bits per heavy atom. The Hall–Kier alpha value is -2.26. The van der Waals surface area contributed by atoms with Crippen molar-refractivity contribution >= 4 is 29.0 Å². The molecule has 0 unspecified atom stereocenters. The fourth-order valence-corrected chi connectivity index (χ4v) is 4.12. The van der Waals surface area contributed by atoms with E-state index in [4.69, 9.17) is 16.3 Å². The third-order valence-electron chi connectivity index (χ3n) is 5.79. The van der Waals surface area contributed by atoms with E-state index in [1.165, 1.54) is 11.7 Å². The van der Waals surface area contributed by atoms with Crippen molar-refractivity contribution in [3.8, 4) is 5.75 Å². The van der Waals surface area contributed by atoms with Gasteiger partial charge in [-0.15, -0.1) is 12.4 Å². The molecule has 10 heteroatoms. The summed E-state index contributed by atoms with van der Waals surface area (Å²) in [4.78, 5) is 27.1. The number of aromatic nitrogens is 2. The summed E-state index contributed by atoms with van der Waals surface area (Å²) in [6, 6.07) is 1.11. The second-order valence-electron chi connectivity index (χ2n) is 7.57. The van der Waals surface area contributed by atoms with Gasteiger partial charge in [0.05, 0.1) is 12.5 Å². The van der Waals surface area contributed by atoms with Crippen molar-refractivity contribution in [2.24, 2.45) is 17.6 Å². The highest BCUT2D eigenvalue weighted by molar-refractivity contribution is 5.91. The minimum absolute atomic E-state index is 0. The van der Waals surface area contributed by atoms with Crippen LogP contribution in [0.1, 0.15) is 25.8 Å². The highest BCUT2D eigenvalue weighted by Crippen LogP contribution is 2.43. The van der Waals surface area contributed by atoms with Crippen LogP contribution in [0.3, 0.4) is 0 Å². The number of halogens is 2. The Labute approximate surface area is 167 Å². The van der Waals surface area contributed by atoms with E-state index in [9.17, 15) is 9.59 Å². The van der Waals surface area contributed by atoms with Crippen molar-refractivity contribution in [3.05, 3.63) is 32.7 Å². The summed E-state index contributed by atoms with van der Waals surface area (Å²) < 4.78 is 22.7. The van der Waals surface area contributed by atoms with E-state index in [2.05, 4.69) is 6.92 Å². The molecule has 1 saturated carbocycles. The van der Waals surface area contributed by atoms with E-state index in [1.54, 1.807) is 0 Å². The second-order valence-corrected chi connectivity index (χ2v) is 7.57. The fourth-order valence-electron chi connectivity index (χ4n) is 4.12. The number of methoxy groups -OCH3 is 1. The zero-order valence-corrected chi connectivity index (χ0v) is 16.7. The van der Waals surface area contributed by atoms with Crippen molar-refractivity contribution in [1.82, 2.24) is 9.24 Å². The molecule has 2 fully saturated rings. The van der Waals surface area contributed by atoms with Gasteiger partial charge in [0, 0.05) is 19.1 Å². The average Bonchev–Trinajstić information content (AvgIpc) is 3.41. The number of fused-ring (bicyclic) bond motifs is 1. The van der Waals surface area contributed by atoms with Gasteiger partial charge in [0.25, 0.3) is 5.56 Å². The lowest BCUT2D eigenvalue weighted by Crippen LogP contribution is -2.44. The molecule has 4 N–H and O–H groups in total. The van der Waals surface area contributed by atoms with E-state index < -0.39 is 17.1 Å². The molecule has 2 heterocycles. The minimum Gasteiger partial charge on any atom is -0.492 e. The van der Waals surface area contributed by atoms with E-state index >= 15 is 4.39 Å². The van der Waals surface area contributed by atoms with Crippen LogP contribution in [-0.2, 0) is 0 Å². The van der Waals surface area contributed by atoms with Crippen LogP contribution in [0.2, 0.25) is 0 Å². The maximum atomic E-state index is 15.1. The zero-order valence-electron chi connectivity index (χ0n) is 15.9. The van der Waals surface area contributed by atoms with Gasteiger partial charge in [-0.1, -0.05) is 6.92 Å². The molecule has 2 aromatic rings. The Morgan fingerprint density at radius 3 is 2.50 bits per heavy atom. The van der Waals surface area contributed by atoms with Crippen LogP contribution in [0.15, 0.2) is 15.7 Å². The molecule has 1 aliphatic carbocycles. The largest absolute Gasteiger partial charge is 0.492 e. The molecule has 8 nitrogen and oxygen atoms in total. The highest BCUT2D eigenvalue weighted by Gasteiger charge is 2.35. The van der Waals surface area contributed by atoms with Crippen molar-refractivity contribution in [1.29, 1.82) is 0 Å². The number of nitrogens with zero attached hydrogens (tertiary/aromatic N) is 3. The number of ether oxygens (including phenoxy) is 1. The van der Waals surface area contributed by atoms with Crippen LogP contribution in [0.25, 0.3) is 10.9 Å². The SMILES string of the molecule is COc1c(N2C[C@@H](CN)[C@H](C)C2)c(F)cc2c(=O)n(N)c(=O)n(C3CC3)c12.Cl. The Bertz CT molecular complexity index is 1030. The monoisotopic (exact) mass is 413 g/mol. The first-order chi connectivity index (χ1) is 12.9. The number of nitrogens with two attached hydrogens (primary N) is 2. The van der Waals surface area contributed by atoms with Crippen molar-refractivity contribution in [3.63, 3.8) is 0 Å².